The molecule has 0 atom stereocenters. The number of rotatable bonds is 4. The van der Waals surface area contributed by atoms with Crippen molar-refractivity contribution < 1.29 is 4.74 Å². The molecule has 0 radical (unpaired) electrons. The molecular formula is C21H26ClN3O. The molecule has 0 aliphatic heterocycles. The summed E-state index contributed by atoms with van der Waals surface area (Å²) in [7, 11) is 0. The lowest BCUT2D eigenvalue weighted by atomic mass is 9.54. The summed E-state index contributed by atoms with van der Waals surface area (Å²) in [6, 6.07) is 7.62. The highest BCUT2D eigenvalue weighted by Crippen LogP contribution is 2.54. The van der Waals surface area contributed by atoms with Crippen molar-refractivity contribution in [2.75, 3.05) is 0 Å². The SMILES string of the molecule is CC(C)(Oc1ccc(Cl)cc1)C(=NC1C2CC3CC(C2)CC1C3)NC#N. The normalized spacial score (nSPS) is 33.0. The molecule has 5 heteroatoms. The fourth-order valence-corrected chi connectivity index (χ4v) is 5.62. The van der Waals surface area contributed by atoms with Crippen LogP contribution < -0.4 is 10.1 Å². The van der Waals surface area contributed by atoms with Crippen molar-refractivity contribution in [3.8, 4) is 11.9 Å². The van der Waals surface area contributed by atoms with Gasteiger partial charge < -0.3 is 4.74 Å². The highest BCUT2D eigenvalue weighted by atomic mass is 35.5. The molecule has 1 aromatic rings. The van der Waals surface area contributed by atoms with Crippen molar-refractivity contribution in [2.45, 2.75) is 57.6 Å². The predicted octanol–water partition coefficient (Wildman–Crippen LogP) is 4.79. The van der Waals surface area contributed by atoms with E-state index < -0.39 is 5.60 Å². The van der Waals surface area contributed by atoms with E-state index in [9.17, 15) is 5.26 Å². The van der Waals surface area contributed by atoms with Crippen molar-refractivity contribution in [3.05, 3.63) is 29.3 Å². The minimum Gasteiger partial charge on any atom is -0.480 e. The Morgan fingerprint density at radius 2 is 1.69 bits per heavy atom. The van der Waals surface area contributed by atoms with E-state index in [4.69, 9.17) is 21.3 Å². The number of aliphatic imine (C=N–C) groups is 1. The lowest BCUT2D eigenvalue weighted by Gasteiger charge is -2.53. The van der Waals surface area contributed by atoms with Crippen LogP contribution in [0.3, 0.4) is 0 Å². The zero-order chi connectivity index (χ0) is 18.3. The third-order valence-corrected chi connectivity index (χ3v) is 6.64. The zero-order valence-electron chi connectivity index (χ0n) is 15.4. The molecule has 4 aliphatic carbocycles. The van der Waals surface area contributed by atoms with Gasteiger partial charge in [-0.05, 0) is 93.9 Å². The number of nitrogens with one attached hydrogen (secondary N) is 1. The van der Waals surface area contributed by atoms with Gasteiger partial charge in [-0.15, -0.1) is 0 Å². The number of nitrogens with zero attached hydrogens (tertiary/aromatic N) is 2. The Labute approximate surface area is 160 Å². The molecule has 1 N–H and O–H groups in total. The topological polar surface area (TPSA) is 57.4 Å². The van der Waals surface area contributed by atoms with E-state index >= 15 is 0 Å². The average molecular weight is 372 g/mol. The van der Waals surface area contributed by atoms with Gasteiger partial charge in [0.2, 0.25) is 0 Å². The number of nitriles is 1. The van der Waals surface area contributed by atoms with Crippen LogP contribution in [0, 0.1) is 35.1 Å². The van der Waals surface area contributed by atoms with Gasteiger partial charge in [0.05, 0.1) is 6.04 Å². The number of halogens is 1. The molecule has 0 heterocycles. The van der Waals surface area contributed by atoms with Crippen molar-refractivity contribution >= 4 is 17.4 Å². The monoisotopic (exact) mass is 371 g/mol. The van der Waals surface area contributed by atoms with Crippen molar-refractivity contribution in [2.24, 2.45) is 28.7 Å². The van der Waals surface area contributed by atoms with E-state index in [1.54, 1.807) is 12.1 Å². The van der Waals surface area contributed by atoms with Crippen LogP contribution in [0.1, 0.15) is 46.0 Å². The first-order chi connectivity index (χ1) is 12.4. The van der Waals surface area contributed by atoms with E-state index in [1.165, 1.54) is 32.1 Å². The average Bonchev–Trinajstić information content (AvgIpc) is 2.58. The molecule has 4 aliphatic rings. The van der Waals surface area contributed by atoms with Gasteiger partial charge in [-0.1, -0.05) is 11.6 Å². The maximum Gasteiger partial charge on any atom is 0.182 e. The minimum absolute atomic E-state index is 0.326. The second-order valence-electron chi connectivity index (χ2n) is 8.70. The number of amidine groups is 1. The standard InChI is InChI=1S/C21H26ClN3O/c1-21(2,26-18-5-3-17(22)4-6-18)20(24-12-23)25-19-15-8-13-7-14(10-15)11-16(19)9-13/h3-6,13-16,19H,7-11H2,1-2H3,(H,24,25). The molecule has 0 amide bonds. The molecule has 138 valence electrons. The third kappa shape index (κ3) is 3.42. The first-order valence-electron chi connectivity index (χ1n) is 9.62. The van der Waals surface area contributed by atoms with E-state index in [2.05, 4.69) is 11.5 Å². The second kappa shape index (κ2) is 6.78. The molecule has 4 nitrogen and oxygen atoms in total. The Balaban J connectivity index is 1.57. The van der Waals surface area contributed by atoms with Crippen molar-refractivity contribution in [3.63, 3.8) is 0 Å². The summed E-state index contributed by atoms with van der Waals surface area (Å²) in [5, 5.41) is 12.8. The van der Waals surface area contributed by atoms with Crippen molar-refractivity contribution in [1.29, 1.82) is 5.26 Å². The van der Waals surface area contributed by atoms with E-state index in [1.807, 2.05) is 26.0 Å². The van der Waals surface area contributed by atoms with Crippen LogP contribution in [0.15, 0.2) is 29.3 Å². The van der Waals surface area contributed by atoms with Gasteiger partial charge in [0.1, 0.15) is 5.75 Å². The quantitative estimate of drug-likeness (QED) is 0.358. The molecule has 5 rings (SSSR count). The maximum atomic E-state index is 9.27. The van der Waals surface area contributed by atoms with Crippen LogP contribution in [0.25, 0.3) is 0 Å². The van der Waals surface area contributed by atoms with Gasteiger partial charge >= 0.3 is 0 Å². The number of ether oxygens (including phenoxy) is 1. The fourth-order valence-electron chi connectivity index (χ4n) is 5.49. The summed E-state index contributed by atoms with van der Waals surface area (Å²) in [4.78, 5) is 5.08. The summed E-state index contributed by atoms with van der Waals surface area (Å²) in [5.74, 6) is 4.52. The molecule has 4 fully saturated rings. The molecular weight excluding hydrogens is 346 g/mol. The fraction of sp³-hybridized carbons (Fsp3) is 0.619. The third-order valence-electron chi connectivity index (χ3n) is 6.39. The summed E-state index contributed by atoms with van der Waals surface area (Å²) < 4.78 is 6.16. The summed E-state index contributed by atoms with van der Waals surface area (Å²) in [6.45, 7) is 3.92. The molecule has 26 heavy (non-hydrogen) atoms. The van der Waals surface area contributed by atoms with Gasteiger partial charge in [0, 0.05) is 5.02 Å². The largest absolute Gasteiger partial charge is 0.480 e. The van der Waals surface area contributed by atoms with Crippen LogP contribution in [0.5, 0.6) is 5.75 Å². The van der Waals surface area contributed by atoms with Crippen LogP contribution >= 0.6 is 11.6 Å². The Kier molecular flexibility index (Phi) is 4.61. The molecule has 1 aromatic carbocycles. The van der Waals surface area contributed by atoms with Crippen LogP contribution in [-0.4, -0.2) is 17.5 Å². The first-order valence-corrected chi connectivity index (χ1v) is 10.0. The summed E-state index contributed by atoms with van der Waals surface area (Å²) in [5.41, 5.74) is -0.710. The Hall–Kier alpha value is -1.73. The minimum atomic E-state index is -0.710. The first kappa shape index (κ1) is 17.7. The van der Waals surface area contributed by atoms with Crippen molar-refractivity contribution in [1.82, 2.24) is 5.32 Å². The molecule has 0 saturated heterocycles. The highest BCUT2D eigenvalue weighted by molar-refractivity contribution is 6.30. The Morgan fingerprint density at radius 1 is 1.12 bits per heavy atom. The van der Waals surface area contributed by atoms with Gasteiger partial charge in [-0.3, -0.25) is 10.3 Å². The second-order valence-corrected chi connectivity index (χ2v) is 9.14. The summed E-state index contributed by atoms with van der Waals surface area (Å²) in [6.07, 6.45) is 8.71. The number of hydrogen-bond donors (Lipinski definition) is 1. The van der Waals surface area contributed by atoms with Gasteiger partial charge in [0.25, 0.3) is 0 Å². The zero-order valence-corrected chi connectivity index (χ0v) is 16.2. The predicted molar refractivity (Wildman–Crippen MR) is 103 cm³/mol. The van der Waals surface area contributed by atoms with Crippen LogP contribution in [0.4, 0.5) is 0 Å². The highest BCUT2D eigenvalue weighted by Gasteiger charge is 2.48. The Morgan fingerprint density at radius 3 is 2.23 bits per heavy atom. The van der Waals surface area contributed by atoms with E-state index in [-0.39, 0.29) is 0 Å². The van der Waals surface area contributed by atoms with E-state index in [0.717, 1.165) is 17.6 Å². The molecule has 0 spiro atoms. The Bertz CT molecular complexity index is 707. The molecule has 4 saturated carbocycles. The van der Waals surface area contributed by atoms with E-state index in [0.29, 0.717) is 28.7 Å². The molecule has 4 bridgehead atoms. The number of benzene rings is 1. The molecule has 0 aromatic heterocycles. The van der Waals surface area contributed by atoms with Crippen LogP contribution in [0.2, 0.25) is 5.02 Å². The lowest BCUT2D eigenvalue weighted by Crippen LogP contribution is -2.51. The summed E-state index contributed by atoms with van der Waals surface area (Å²) >= 11 is 5.96. The smallest absolute Gasteiger partial charge is 0.182 e. The number of hydrogen-bond acceptors (Lipinski definition) is 3. The maximum absolute atomic E-state index is 9.27. The van der Waals surface area contributed by atoms with Gasteiger partial charge in [-0.25, -0.2) is 0 Å². The molecule has 0 unspecified atom stereocenters. The van der Waals surface area contributed by atoms with Crippen LogP contribution in [-0.2, 0) is 0 Å². The van der Waals surface area contributed by atoms with Gasteiger partial charge in [-0.2, -0.15) is 5.26 Å². The lowest BCUT2D eigenvalue weighted by molar-refractivity contribution is 0.000603. The van der Waals surface area contributed by atoms with Gasteiger partial charge in [0.15, 0.2) is 17.6 Å².